The highest BCUT2D eigenvalue weighted by atomic mass is 16.5. The maximum atomic E-state index is 12.5. The molecule has 0 aliphatic carbocycles. The molecule has 0 unspecified atom stereocenters. The van der Waals surface area contributed by atoms with E-state index >= 15 is 0 Å². The Bertz CT molecular complexity index is 618. The lowest BCUT2D eigenvalue weighted by atomic mass is 9.96. The van der Waals surface area contributed by atoms with Gasteiger partial charge in [-0.05, 0) is 13.0 Å². The Kier molecular flexibility index (Phi) is 3.79. The molecule has 1 amide bonds. The van der Waals surface area contributed by atoms with Crippen LogP contribution in [0, 0.1) is 0 Å². The van der Waals surface area contributed by atoms with E-state index in [9.17, 15) is 4.79 Å². The smallest absolute Gasteiger partial charge is 0.257 e. The van der Waals surface area contributed by atoms with Crippen molar-refractivity contribution in [1.29, 1.82) is 0 Å². The topological polar surface area (TPSA) is 60.5 Å². The van der Waals surface area contributed by atoms with Gasteiger partial charge in [0.25, 0.3) is 5.91 Å². The molecule has 0 N–H and O–H groups in total. The maximum absolute atomic E-state index is 12.5. The van der Waals surface area contributed by atoms with Crippen LogP contribution in [0.1, 0.15) is 34.5 Å². The van der Waals surface area contributed by atoms with Crippen LogP contribution < -0.4 is 0 Å². The predicted octanol–water partition coefficient (Wildman–Crippen LogP) is 1.79. The molecule has 0 radical (unpaired) electrons. The van der Waals surface area contributed by atoms with Crippen molar-refractivity contribution in [2.75, 3.05) is 19.8 Å². The Labute approximate surface area is 123 Å². The molecule has 6 heteroatoms. The lowest BCUT2D eigenvalue weighted by molar-refractivity contribution is 0.0647. The fourth-order valence-electron chi connectivity index (χ4n) is 2.88. The number of amides is 1. The zero-order valence-corrected chi connectivity index (χ0v) is 12.3. The van der Waals surface area contributed by atoms with Crippen LogP contribution in [0.25, 0.3) is 0 Å². The third-order valence-corrected chi connectivity index (χ3v) is 3.83. The van der Waals surface area contributed by atoms with E-state index in [0.29, 0.717) is 31.9 Å². The van der Waals surface area contributed by atoms with Crippen molar-refractivity contribution in [3.63, 3.8) is 0 Å². The molecule has 0 spiro atoms. The lowest BCUT2D eigenvalue weighted by Crippen LogP contribution is -2.39. The van der Waals surface area contributed by atoms with E-state index in [1.807, 2.05) is 29.7 Å². The van der Waals surface area contributed by atoms with Crippen molar-refractivity contribution in [2.45, 2.75) is 19.4 Å². The summed E-state index contributed by atoms with van der Waals surface area (Å²) in [4.78, 5) is 14.3. The van der Waals surface area contributed by atoms with Gasteiger partial charge >= 0.3 is 0 Å². The first-order valence-corrected chi connectivity index (χ1v) is 7.10. The Morgan fingerprint density at radius 3 is 3.14 bits per heavy atom. The summed E-state index contributed by atoms with van der Waals surface area (Å²) in [6.07, 6.45) is 4.84. The summed E-state index contributed by atoms with van der Waals surface area (Å²) in [6.45, 7) is 4.45. The van der Waals surface area contributed by atoms with Gasteiger partial charge < -0.3 is 14.1 Å². The zero-order chi connectivity index (χ0) is 14.8. The number of carbonyl (C=O) groups excluding carboxylic acids is 1. The molecule has 0 saturated carbocycles. The van der Waals surface area contributed by atoms with Crippen molar-refractivity contribution in [3.8, 4) is 0 Å². The number of aryl methyl sites for hydroxylation is 1. The number of rotatable bonds is 4. The molecule has 0 saturated heterocycles. The number of hydrogen-bond donors (Lipinski definition) is 0. The second-order valence-electron chi connectivity index (χ2n) is 5.23. The highest BCUT2D eigenvalue weighted by molar-refractivity contribution is 5.94. The van der Waals surface area contributed by atoms with Crippen LogP contribution in [0.5, 0.6) is 0 Å². The second kappa shape index (κ2) is 5.73. The molecule has 0 bridgehead atoms. The van der Waals surface area contributed by atoms with E-state index in [1.165, 1.54) is 18.2 Å². The fourth-order valence-corrected chi connectivity index (χ4v) is 2.88. The Morgan fingerprint density at radius 2 is 2.43 bits per heavy atom. The van der Waals surface area contributed by atoms with E-state index in [-0.39, 0.29) is 11.8 Å². The number of furan rings is 1. The second-order valence-corrected chi connectivity index (χ2v) is 5.23. The molecule has 3 rings (SSSR count). The molecule has 1 atom stereocenters. The van der Waals surface area contributed by atoms with Gasteiger partial charge in [-0.15, -0.1) is 0 Å². The summed E-state index contributed by atoms with van der Waals surface area (Å²) in [5.41, 5.74) is 2.84. The Morgan fingerprint density at radius 1 is 1.57 bits per heavy atom. The van der Waals surface area contributed by atoms with Gasteiger partial charge in [0, 0.05) is 38.2 Å². The monoisotopic (exact) mass is 289 g/mol. The molecule has 3 heterocycles. The maximum Gasteiger partial charge on any atom is 0.257 e. The number of carbonyl (C=O) groups is 1. The first-order chi connectivity index (χ1) is 10.2. The first kappa shape index (κ1) is 13.9. The lowest BCUT2D eigenvalue weighted by Gasteiger charge is -2.32. The van der Waals surface area contributed by atoms with Crippen LogP contribution in [0.15, 0.2) is 29.2 Å². The number of ether oxygens (including phenoxy) is 1. The quantitative estimate of drug-likeness (QED) is 0.861. The molecule has 112 valence electrons. The molecule has 0 aromatic carbocycles. The largest absolute Gasteiger partial charge is 0.472 e. The summed E-state index contributed by atoms with van der Waals surface area (Å²) in [5, 5.41) is 4.32. The molecular weight excluding hydrogens is 270 g/mol. The van der Waals surface area contributed by atoms with E-state index < -0.39 is 0 Å². The van der Waals surface area contributed by atoms with Gasteiger partial charge in [-0.25, -0.2) is 0 Å². The van der Waals surface area contributed by atoms with Gasteiger partial charge in [0.1, 0.15) is 6.26 Å². The normalized spacial score (nSPS) is 17.8. The zero-order valence-electron chi connectivity index (χ0n) is 12.3. The molecule has 1 aliphatic rings. The van der Waals surface area contributed by atoms with Crippen molar-refractivity contribution in [3.05, 3.63) is 41.6 Å². The predicted molar refractivity (Wildman–Crippen MR) is 75.9 cm³/mol. The molecule has 2 aromatic rings. The van der Waals surface area contributed by atoms with Crippen LogP contribution in [-0.2, 0) is 18.3 Å². The first-order valence-electron chi connectivity index (χ1n) is 7.10. The summed E-state index contributed by atoms with van der Waals surface area (Å²) >= 11 is 0. The minimum atomic E-state index is -0.0141. The number of fused-ring (bicyclic) bond motifs is 1. The molecule has 1 aliphatic heterocycles. The van der Waals surface area contributed by atoms with Crippen LogP contribution in [0.3, 0.4) is 0 Å². The fraction of sp³-hybridized carbons (Fsp3) is 0.467. The highest BCUT2D eigenvalue weighted by Gasteiger charge is 2.31. The SMILES string of the molecule is CCOC[C@H]1CN(C(=O)c2ccoc2)Cc2cnn(C)c21. The minimum absolute atomic E-state index is 0.0141. The Balaban J connectivity index is 1.85. The van der Waals surface area contributed by atoms with Crippen LogP contribution in [0.4, 0.5) is 0 Å². The molecule has 2 aromatic heterocycles. The average Bonchev–Trinajstić information content (AvgIpc) is 3.14. The van der Waals surface area contributed by atoms with Crippen LogP contribution >= 0.6 is 0 Å². The van der Waals surface area contributed by atoms with Gasteiger partial charge in [0.05, 0.1) is 30.3 Å². The number of hydrogen-bond acceptors (Lipinski definition) is 4. The number of nitrogens with zero attached hydrogens (tertiary/aromatic N) is 3. The van der Waals surface area contributed by atoms with Gasteiger partial charge in [-0.1, -0.05) is 0 Å². The minimum Gasteiger partial charge on any atom is -0.472 e. The summed E-state index contributed by atoms with van der Waals surface area (Å²) in [7, 11) is 1.94. The molecular formula is C15H19N3O3. The van der Waals surface area contributed by atoms with Crippen molar-refractivity contribution in [2.24, 2.45) is 7.05 Å². The molecule has 6 nitrogen and oxygen atoms in total. The standard InChI is InChI=1S/C15H19N3O3/c1-3-20-10-13-8-18(15(19)11-4-5-21-9-11)7-12-6-16-17(2)14(12)13/h4-6,9,13H,3,7-8,10H2,1-2H3/t13-/m1/s1. The van der Waals surface area contributed by atoms with Gasteiger partial charge in [-0.2, -0.15) is 5.10 Å². The summed E-state index contributed by atoms with van der Waals surface area (Å²) in [6, 6.07) is 1.69. The Hall–Kier alpha value is -2.08. The van der Waals surface area contributed by atoms with E-state index in [1.54, 1.807) is 6.07 Å². The van der Waals surface area contributed by atoms with Crippen molar-refractivity contribution < 1.29 is 13.9 Å². The van der Waals surface area contributed by atoms with Gasteiger partial charge in [-0.3, -0.25) is 9.48 Å². The third kappa shape index (κ3) is 2.58. The van der Waals surface area contributed by atoms with E-state index in [2.05, 4.69) is 5.10 Å². The molecule has 21 heavy (non-hydrogen) atoms. The van der Waals surface area contributed by atoms with Crippen molar-refractivity contribution in [1.82, 2.24) is 14.7 Å². The van der Waals surface area contributed by atoms with E-state index in [0.717, 1.165) is 5.56 Å². The summed E-state index contributed by atoms with van der Waals surface area (Å²) in [5.74, 6) is 0.136. The van der Waals surface area contributed by atoms with Crippen molar-refractivity contribution >= 4 is 5.91 Å². The molecule has 0 fully saturated rings. The van der Waals surface area contributed by atoms with Gasteiger partial charge in [0.15, 0.2) is 0 Å². The average molecular weight is 289 g/mol. The van der Waals surface area contributed by atoms with Gasteiger partial charge in [0.2, 0.25) is 0 Å². The van der Waals surface area contributed by atoms with E-state index in [4.69, 9.17) is 9.15 Å². The van der Waals surface area contributed by atoms with Crippen LogP contribution in [0.2, 0.25) is 0 Å². The summed E-state index contributed by atoms with van der Waals surface area (Å²) < 4.78 is 12.5. The third-order valence-electron chi connectivity index (χ3n) is 3.83. The number of aromatic nitrogens is 2. The highest BCUT2D eigenvalue weighted by Crippen LogP contribution is 2.29. The van der Waals surface area contributed by atoms with Crippen LogP contribution in [-0.4, -0.2) is 40.3 Å².